The molecule has 2 aromatic rings. The maximum atomic E-state index is 5.67. The molecule has 0 aliphatic heterocycles. The van der Waals surface area contributed by atoms with E-state index in [9.17, 15) is 0 Å². The first kappa shape index (κ1) is 16.9. The summed E-state index contributed by atoms with van der Waals surface area (Å²) in [5.41, 5.74) is 0. The van der Waals surface area contributed by atoms with E-state index < -0.39 is 0 Å². The summed E-state index contributed by atoms with van der Waals surface area (Å²) in [6, 6.07) is 13.0. The largest absolute Gasteiger partial charge is 0.493 e. The van der Waals surface area contributed by atoms with Gasteiger partial charge in [0, 0.05) is 25.2 Å². The number of hydrogen-bond donors (Lipinski definition) is 1. The second-order valence-corrected chi connectivity index (χ2v) is 4.62. The molecule has 6 heteroatoms. The van der Waals surface area contributed by atoms with E-state index in [-0.39, 0.29) is 0 Å². The van der Waals surface area contributed by atoms with Crippen LogP contribution in [0.4, 0.5) is 0 Å². The Morgan fingerprint density at radius 2 is 1.48 bits per heavy atom. The van der Waals surface area contributed by atoms with Gasteiger partial charge in [0.05, 0.1) is 14.2 Å². The maximum absolute atomic E-state index is 5.67. The monoisotopic (exact) mass is 318 g/mol. The lowest BCUT2D eigenvalue weighted by Gasteiger charge is -2.11. The van der Waals surface area contributed by atoms with Crippen molar-refractivity contribution < 1.29 is 18.9 Å². The number of hydrogen-bond acceptors (Lipinski definition) is 6. The van der Waals surface area contributed by atoms with Crippen molar-refractivity contribution >= 4 is 0 Å². The molecule has 124 valence electrons. The fourth-order valence-electron chi connectivity index (χ4n) is 1.91. The van der Waals surface area contributed by atoms with Crippen molar-refractivity contribution in [3.05, 3.63) is 42.5 Å². The lowest BCUT2D eigenvalue weighted by molar-refractivity contribution is 0.273. The van der Waals surface area contributed by atoms with Crippen LogP contribution in [0.25, 0.3) is 0 Å². The van der Waals surface area contributed by atoms with Gasteiger partial charge < -0.3 is 24.3 Å². The Kier molecular flexibility index (Phi) is 7.00. The zero-order chi connectivity index (χ0) is 16.3. The number of methoxy groups -OCH3 is 2. The summed E-state index contributed by atoms with van der Waals surface area (Å²) in [5.74, 6) is 2.57. The third kappa shape index (κ3) is 5.67. The third-order valence-corrected chi connectivity index (χ3v) is 3.04. The second-order valence-electron chi connectivity index (χ2n) is 4.62. The highest BCUT2D eigenvalue weighted by molar-refractivity contribution is 5.39. The van der Waals surface area contributed by atoms with Gasteiger partial charge >= 0.3 is 0 Å². The van der Waals surface area contributed by atoms with Crippen molar-refractivity contribution in [2.75, 3.05) is 40.5 Å². The van der Waals surface area contributed by atoms with Crippen LogP contribution in [0.5, 0.6) is 23.3 Å². The van der Waals surface area contributed by atoms with Gasteiger partial charge in [-0.15, -0.1) is 0 Å². The molecule has 1 heterocycles. The highest BCUT2D eigenvalue weighted by atomic mass is 16.5. The topological polar surface area (TPSA) is 61.8 Å². The number of rotatable bonds is 10. The van der Waals surface area contributed by atoms with Gasteiger partial charge in [-0.25, -0.2) is 0 Å². The van der Waals surface area contributed by atoms with Crippen molar-refractivity contribution in [1.82, 2.24) is 10.3 Å². The summed E-state index contributed by atoms with van der Waals surface area (Å²) in [4.78, 5) is 4.17. The van der Waals surface area contributed by atoms with Gasteiger partial charge in [0.25, 0.3) is 0 Å². The zero-order valence-electron chi connectivity index (χ0n) is 13.5. The number of para-hydroxylation sites is 2. The van der Waals surface area contributed by atoms with E-state index in [4.69, 9.17) is 18.9 Å². The van der Waals surface area contributed by atoms with Crippen LogP contribution in [0, 0.1) is 0 Å². The summed E-state index contributed by atoms with van der Waals surface area (Å²) in [7, 11) is 3.21. The van der Waals surface area contributed by atoms with E-state index in [0.717, 1.165) is 11.5 Å². The van der Waals surface area contributed by atoms with E-state index in [2.05, 4.69) is 10.3 Å². The van der Waals surface area contributed by atoms with Crippen molar-refractivity contribution in [3.63, 3.8) is 0 Å². The Balaban J connectivity index is 1.59. The molecule has 0 aliphatic carbocycles. The number of nitrogens with one attached hydrogen (secondary N) is 1. The predicted octanol–water partition coefficient (Wildman–Crippen LogP) is 2.15. The minimum Gasteiger partial charge on any atom is -0.493 e. The summed E-state index contributed by atoms with van der Waals surface area (Å²) >= 11 is 0. The third-order valence-electron chi connectivity index (χ3n) is 3.04. The molecule has 0 saturated carbocycles. The lowest BCUT2D eigenvalue weighted by atomic mass is 10.3. The van der Waals surface area contributed by atoms with Gasteiger partial charge in [0.15, 0.2) is 11.5 Å². The summed E-state index contributed by atoms with van der Waals surface area (Å²) in [6.45, 7) is 2.49. The van der Waals surface area contributed by atoms with Gasteiger partial charge in [-0.05, 0) is 12.1 Å². The molecular weight excluding hydrogens is 296 g/mol. The first-order chi connectivity index (χ1) is 11.3. The molecule has 0 atom stereocenters. The van der Waals surface area contributed by atoms with Gasteiger partial charge in [-0.1, -0.05) is 18.2 Å². The molecule has 0 spiro atoms. The Labute approximate surface area is 136 Å². The van der Waals surface area contributed by atoms with E-state index in [1.807, 2.05) is 30.3 Å². The molecule has 1 aromatic carbocycles. The number of aromatic nitrogens is 1. The van der Waals surface area contributed by atoms with Gasteiger partial charge in [0.1, 0.15) is 13.2 Å². The minimum atomic E-state index is 0.523. The van der Waals surface area contributed by atoms with Crippen molar-refractivity contribution in [1.29, 1.82) is 0 Å². The minimum absolute atomic E-state index is 0.523. The zero-order valence-corrected chi connectivity index (χ0v) is 13.5. The molecule has 0 radical (unpaired) electrons. The molecule has 23 heavy (non-hydrogen) atoms. The number of nitrogens with zero attached hydrogens (tertiary/aromatic N) is 1. The molecule has 0 fully saturated rings. The van der Waals surface area contributed by atoms with Gasteiger partial charge in [-0.3, -0.25) is 0 Å². The van der Waals surface area contributed by atoms with Crippen LogP contribution in [0.3, 0.4) is 0 Å². The first-order valence-corrected chi connectivity index (χ1v) is 7.44. The fraction of sp³-hybridized carbons (Fsp3) is 0.353. The number of benzene rings is 1. The van der Waals surface area contributed by atoms with Crippen LogP contribution in [-0.4, -0.2) is 45.5 Å². The number of pyridine rings is 1. The summed E-state index contributed by atoms with van der Waals surface area (Å²) < 4.78 is 21.5. The van der Waals surface area contributed by atoms with Crippen molar-refractivity contribution in [3.8, 4) is 23.3 Å². The average molecular weight is 318 g/mol. The quantitative estimate of drug-likeness (QED) is 0.677. The normalized spacial score (nSPS) is 10.2. The Morgan fingerprint density at radius 1 is 0.783 bits per heavy atom. The smallest absolute Gasteiger partial charge is 0.216 e. The Bertz CT molecular complexity index is 592. The maximum Gasteiger partial charge on any atom is 0.216 e. The molecule has 2 rings (SSSR count). The molecule has 6 nitrogen and oxygen atoms in total. The van der Waals surface area contributed by atoms with Crippen LogP contribution >= 0.6 is 0 Å². The van der Waals surface area contributed by atoms with E-state index in [0.29, 0.717) is 38.1 Å². The molecule has 0 saturated heterocycles. The molecule has 1 N–H and O–H groups in total. The highest BCUT2D eigenvalue weighted by Gasteiger charge is 2.02. The summed E-state index contributed by atoms with van der Waals surface area (Å²) in [6.07, 6.45) is 0. The lowest BCUT2D eigenvalue weighted by Crippen LogP contribution is -2.26. The molecule has 0 amide bonds. The van der Waals surface area contributed by atoms with Crippen LogP contribution in [0.15, 0.2) is 42.5 Å². The van der Waals surface area contributed by atoms with E-state index in [1.54, 1.807) is 26.4 Å². The fourth-order valence-corrected chi connectivity index (χ4v) is 1.91. The van der Waals surface area contributed by atoms with Crippen molar-refractivity contribution in [2.45, 2.75) is 0 Å². The van der Waals surface area contributed by atoms with Crippen LogP contribution in [0.1, 0.15) is 0 Å². The molecule has 0 aliphatic rings. The van der Waals surface area contributed by atoms with Gasteiger partial charge in [-0.2, -0.15) is 4.98 Å². The predicted molar refractivity (Wildman–Crippen MR) is 87.6 cm³/mol. The standard InChI is InChI=1S/C17H22N2O4/c1-20-14-6-3-4-7-15(14)22-12-10-18-11-13-23-17-9-5-8-16(19-17)21-2/h3-9,18H,10-13H2,1-2H3. The van der Waals surface area contributed by atoms with Crippen LogP contribution < -0.4 is 24.3 Å². The Hall–Kier alpha value is -2.47. The SMILES string of the molecule is COc1cccc(OCCNCCOc2ccccc2OC)n1. The van der Waals surface area contributed by atoms with Gasteiger partial charge in [0.2, 0.25) is 11.8 Å². The first-order valence-electron chi connectivity index (χ1n) is 7.44. The molecular formula is C17H22N2O4. The molecule has 0 bridgehead atoms. The van der Waals surface area contributed by atoms with E-state index in [1.165, 1.54) is 0 Å². The molecule has 0 unspecified atom stereocenters. The average Bonchev–Trinajstić information content (AvgIpc) is 2.61. The summed E-state index contributed by atoms with van der Waals surface area (Å²) in [5, 5.41) is 3.24. The van der Waals surface area contributed by atoms with Crippen molar-refractivity contribution in [2.24, 2.45) is 0 Å². The highest BCUT2D eigenvalue weighted by Crippen LogP contribution is 2.25. The van der Waals surface area contributed by atoms with Crippen LogP contribution in [0.2, 0.25) is 0 Å². The second kappa shape index (κ2) is 9.53. The van der Waals surface area contributed by atoms with Crippen LogP contribution in [-0.2, 0) is 0 Å². The Morgan fingerprint density at radius 3 is 2.22 bits per heavy atom. The number of ether oxygens (including phenoxy) is 4. The molecule has 1 aromatic heterocycles. The van der Waals surface area contributed by atoms with E-state index >= 15 is 0 Å².